The van der Waals surface area contributed by atoms with Crippen LogP contribution >= 0.6 is 0 Å². The number of hydrogen-bond donors (Lipinski definition) is 1. The molecule has 4 nitrogen and oxygen atoms in total. The lowest BCUT2D eigenvalue weighted by Crippen LogP contribution is -2.26. The molecule has 0 aliphatic rings. The van der Waals surface area contributed by atoms with Gasteiger partial charge in [0, 0.05) is 12.7 Å². The Morgan fingerprint density at radius 3 is 2.55 bits per heavy atom. The fourth-order valence-electron chi connectivity index (χ4n) is 2.39. The summed E-state index contributed by atoms with van der Waals surface area (Å²) in [5, 5.41) is 0. The van der Waals surface area contributed by atoms with Crippen LogP contribution in [0.4, 0.5) is 0 Å². The van der Waals surface area contributed by atoms with Gasteiger partial charge in [-0.15, -0.1) is 0 Å². The fourth-order valence-corrected chi connectivity index (χ4v) is 2.39. The molecule has 3 aromatic rings. The number of nitrogens with one attached hydrogen (secondary N) is 1. The Bertz CT molecular complexity index is 771. The van der Waals surface area contributed by atoms with E-state index in [4.69, 9.17) is 4.42 Å². The molecular formula is C18H18N2O2. The van der Waals surface area contributed by atoms with Crippen molar-refractivity contribution in [1.82, 2.24) is 9.88 Å². The lowest BCUT2D eigenvalue weighted by atomic mass is 10.2. The number of nitrogens with zero attached hydrogens (tertiary/aromatic N) is 1. The zero-order chi connectivity index (χ0) is 15.5. The predicted octanol–water partition coefficient (Wildman–Crippen LogP) is 3.86. The van der Waals surface area contributed by atoms with Crippen molar-refractivity contribution in [2.24, 2.45) is 0 Å². The second-order valence-corrected chi connectivity index (χ2v) is 5.33. The van der Waals surface area contributed by atoms with Gasteiger partial charge >= 0.3 is 0 Å². The summed E-state index contributed by atoms with van der Waals surface area (Å²) in [6.45, 7) is 2.34. The molecule has 0 bridgehead atoms. The molecule has 112 valence electrons. The summed E-state index contributed by atoms with van der Waals surface area (Å²) < 4.78 is 5.51. The molecule has 2 heterocycles. The van der Waals surface area contributed by atoms with E-state index in [-0.39, 0.29) is 5.91 Å². The molecule has 4 heteroatoms. The number of aromatic amines is 1. The molecule has 3 rings (SSSR count). The lowest BCUT2D eigenvalue weighted by Gasteiger charge is -2.14. The van der Waals surface area contributed by atoms with Crippen LogP contribution in [-0.4, -0.2) is 22.8 Å². The summed E-state index contributed by atoms with van der Waals surface area (Å²) in [5.41, 5.74) is 2.57. The number of carbonyl (C=O) groups excluding carboxylic acids is 1. The van der Waals surface area contributed by atoms with E-state index in [1.165, 1.54) is 0 Å². The number of aryl methyl sites for hydroxylation is 1. The molecule has 2 aromatic heterocycles. The van der Waals surface area contributed by atoms with Gasteiger partial charge in [0.1, 0.15) is 17.2 Å². The predicted molar refractivity (Wildman–Crippen MR) is 85.5 cm³/mol. The van der Waals surface area contributed by atoms with Gasteiger partial charge in [-0.3, -0.25) is 4.79 Å². The Labute approximate surface area is 129 Å². The van der Waals surface area contributed by atoms with Crippen molar-refractivity contribution in [2.45, 2.75) is 13.5 Å². The number of benzene rings is 1. The number of H-pyrrole nitrogens is 1. The first kappa shape index (κ1) is 14.2. The zero-order valence-corrected chi connectivity index (χ0v) is 12.7. The zero-order valence-electron chi connectivity index (χ0n) is 12.7. The topological polar surface area (TPSA) is 49.2 Å². The second kappa shape index (κ2) is 5.93. The highest BCUT2D eigenvalue weighted by atomic mass is 16.3. The molecule has 0 fully saturated rings. The van der Waals surface area contributed by atoms with E-state index < -0.39 is 0 Å². The van der Waals surface area contributed by atoms with E-state index in [0.29, 0.717) is 12.2 Å². The number of furan rings is 1. The average Bonchev–Trinajstić information content (AvgIpc) is 3.17. The molecule has 0 unspecified atom stereocenters. The Morgan fingerprint density at radius 1 is 1.09 bits per heavy atom. The smallest absolute Gasteiger partial charge is 0.270 e. The van der Waals surface area contributed by atoms with Crippen LogP contribution in [0.15, 0.2) is 59.0 Å². The van der Waals surface area contributed by atoms with Crippen molar-refractivity contribution in [1.29, 1.82) is 0 Å². The van der Waals surface area contributed by atoms with Gasteiger partial charge in [-0.25, -0.2) is 0 Å². The van der Waals surface area contributed by atoms with Crippen LogP contribution in [0, 0.1) is 6.92 Å². The number of rotatable bonds is 4. The summed E-state index contributed by atoms with van der Waals surface area (Å²) in [5.74, 6) is 1.57. The van der Waals surface area contributed by atoms with Gasteiger partial charge in [-0.1, -0.05) is 30.3 Å². The molecule has 0 spiro atoms. The number of carbonyl (C=O) groups is 1. The third-order valence-corrected chi connectivity index (χ3v) is 3.54. The largest absolute Gasteiger partial charge is 0.464 e. The van der Waals surface area contributed by atoms with Gasteiger partial charge in [0.25, 0.3) is 5.91 Å². The third-order valence-electron chi connectivity index (χ3n) is 3.54. The first-order chi connectivity index (χ1) is 10.6. The van der Waals surface area contributed by atoms with Crippen molar-refractivity contribution >= 4 is 5.91 Å². The summed E-state index contributed by atoms with van der Waals surface area (Å²) >= 11 is 0. The molecule has 0 radical (unpaired) electrons. The second-order valence-electron chi connectivity index (χ2n) is 5.33. The minimum Gasteiger partial charge on any atom is -0.464 e. The van der Waals surface area contributed by atoms with E-state index in [0.717, 1.165) is 22.8 Å². The lowest BCUT2D eigenvalue weighted by molar-refractivity contribution is 0.0770. The SMILES string of the molecule is Cc1ccc(CN(C)C(=O)c2ccc(-c3ccccc3)[nH]2)o1. The summed E-state index contributed by atoms with van der Waals surface area (Å²) in [7, 11) is 1.77. The van der Waals surface area contributed by atoms with Crippen LogP contribution < -0.4 is 0 Å². The Morgan fingerprint density at radius 2 is 1.86 bits per heavy atom. The molecule has 1 amide bonds. The Hall–Kier alpha value is -2.75. The quantitative estimate of drug-likeness (QED) is 0.794. The highest BCUT2D eigenvalue weighted by Crippen LogP contribution is 2.19. The fraction of sp³-hybridized carbons (Fsp3) is 0.167. The van der Waals surface area contributed by atoms with Crippen LogP contribution in [0.2, 0.25) is 0 Å². The van der Waals surface area contributed by atoms with Gasteiger partial charge in [0.05, 0.1) is 6.54 Å². The summed E-state index contributed by atoms with van der Waals surface area (Å²) in [6, 6.07) is 17.5. The molecule has 0 saturated carbocycles. The van der Waals surface area contributed by atoms with Crippen LogP contribution in [0.1, 0.15) is 22.0 Å². The minimum absolute atomic E-state index is 0.0590. The number of hydrogen-bond acceptors (Lipinski definition) is 2. The Kier molecular flexibility index (Phi) is 3.83. The van der Waals surface area contributed by atoms with Crippen molar-refractivity contribution in [3.8, 4) is 11.3 Å². The van der Waals surface area contributed by atoms with Crippen molar-refractivity contribution in [3.63, 3.8) is 0 Å². The molecule has 0 aliphatic heterocycles. The normalized spacial score (nSPS) is 10.6. The van der Waals surface area contributed by atoms with E-state index in [2.05, 4.69) is 4.98 Å². The summed E-state index contributed by atoms with van der Waals surface area (Å²) in [4.78, 5) is 17.3. The third kappa shape index (κ3) is 2.96. The molecular weight excluding hydrogens is 276 g/mol. The molecule has 1 aromatic carbocycles. The van der Waals surface area contributed by atoms with Crippen LogP contribution in [-0.2, 0) is 6.54 Å². The van der Waals surface area contributed by atoms with E-state index in [1.807, 2.05) is 61.5 Å². The van der Waals surface area contributed by atoms with Crippen molar-refractivity contribution < 1.29 is 9.21 Å². The maximum absolute atomic E-state index is 12.5. The van der Waals surface area contributed by atoms with Crippen LogP contribution in [0.3, 0.4) is 0 Å². The summed E-state index contributed by atoms with van der Waals surface area (Å²) in [6.07, 6.45) is 0. The monoisotopic (exact) mass is 294 g/mol. The van der Waals surface area contributed by atoms with E-state index in [9.17, 15) is 4.79 Å². The highest BCUT2D eigenvalue weighted by Gasteiger charge is 2.15. The van der Waals surface area contributed by atoms with E-state index >= 15 is 0 Å². The van der Waals surface area contributed by atoms with Crippen LogP contribution in [0.25, 0.3) is 11.3 Å². The van der Waals surface area contributed by atoms with Crippen LogP contribution in [0.5, 0.6) is 0 Å². The highest BCUT2D eigenvalue weighted by molar-refractivity contribution is 5.93. The minimum atomic E-state index is -0.0590. The maximum Gasteiger partial charge on any atom is 0.270 e. The molecule has 22 heavy (non-hydrogen) atoms. The molecule has 1 N–H and O–H groups in total. The van der Waals surface area contributed by atoms with Crippen molar-refractivity contribution in [3.05, 3.63) is 71.8 Å². The number of aromatic nitrogens is 1. The number of amides is 1. The molecule has 0 aliphatic carbocycles. The molecule has 0 saturated heterocycles. The Balaban J connectivity index is 1.74. The first-order valence-electron chi connectivity index (χ1n) is 7.19. The van der Waals surface area contributed by atoms with Gasteiger partial charge in [0.15, 0.2) is 0 Å². The average molecular weight is 294 g/mol. The first-order valence-corrected chi connectivity index (χ1v) is 7.19. The van der Waals surface area contributed by atoms with Gasteiger partial charge < -0.3 is 14.3 Å². The standard InChI is InChI=1S/C18H18N2O2/c1-13-8-9-15(22-13)12-20(2)18(21)17-11-10-16(19-17)14-6-4-3-5-7-14/h3-11,19H,12H2,1-2H3. The van der Waals surface area contributed by atoms with Gasteiger partial charge in [-0.2, -0.15) is 0 Å². The molecule has 0 atom stereocenters. The van der Waals surface area contributed by atoms with Gasteiger partial charge in [-0.05, 0) is 36.8 Å². The van der Waals surface area contributed by atoms with Crippen molar-refractivity contribution in [2.75, 3.05) is 7.05 Å². The van der Waals surface area contributed by atoms with Gasteiger partial charge in [0.2, 0.25) is 0 Å². The van der Waals surface area contributed by atoms with E-state index in [1.54, 1.807) is 11.9 Å². The maximum atomic E-state index is 12.5.